The summed E-state index contributed by atoms with van der Waals surface area (Å²) in [5.41, 5.74) is 5.53. The van der Waals surface area contributed by atoms with E-state index in [9.17, 15) is 9.90 Å². The molecule has 3 rings (SSSR count). The second kappa shape index (κ2) is 3.25. The molecule has 0 aliphatic carbocycles. The van der Waals surface area contributed by atoms with Gasteiger partial charge in [0.15, 0.2) is 0 Å². The summed E-state index contributed by atoms with van der Waals surface area (Å²) in [6.07, 6.45) is 0. The number of hydrogen-bond donors (Lipinski definition) is 2. The molecule has 4 heteroatoms. The smallest absolute Gasteiger partial charge is 0.359 e. The van der Waals surface area contributed by atoms with E-state index in [0.717, 1.165) is 16.2 Å². The van der Waals surface area contributed by atoms with E-state index in [-0.39, 0.29) is 11.4 Å². The van der Waals surface area contributed by atoms with Crippen molar-refractivity contribution in [2.75, 3.05) is 5.73 Å². The number of phenols is 1. The minimum Gasteiger partial charge on any atom is -0.508 e. The molecule has 0 fully saturated rings. The number of hydrogen-bond acceptors (Lipinski definition) is 4. The molecule has 0 saturated heterocycles. The highest BCUT2D eigenvalue weighted by Gasteiger charge is 2.06. The van der Waals surface area contributed by atoms with Crippen LogP contribution in [0.5, 0.6) is 5.75 Å². The van der Waals surface area contributed by atoms with Gasteiger partial charge in [-0.3, -0.25) is 0 Å². The Labute approximate surface area is 95.9 Å². The lowest BCUT2D eigenvalue weighted by Gasteiger charge is -2.04. The van der Waals surface area contributed by atoms with Crippen LogP contribution in [0.1, 0.15) is 0 Å². The van der Waals surface area contributed by atoms with Crippen LogP contribution in [0.4, 0.5) is 5.69 Å². The minimum absolute atomic E-state index is 0.0633. The Morgan fingerprint density at radius 2 is 1.82 bits per heavy atom. The van der Waals surface area contributed by atoms with Gasteiger partial charge in [-0.1, -0.05) is 12.1 Å². The summed E-state index contributed by atoms with van der Waals surface area (Å²) in [5, 5.41) is 12.0. The third kappa shape index (κ3) is 1.42. The van der Waals surface area contributed by atoms with Gasteiger partial charge < -0.3 is 15.3 Å². The average Bonchev–Trinajstić information content (AvgIpc) is 2.31. The molecule has 4 nitrogen and oxygen atoms in total. The first kappa shape index (κ1) is 9.72. The van der Waals surface area contributed by atoms with Gasteiger partial charge in [0.1, 0.15) is 17.0 Å². The fourth-order valence-corrected chi connectivity index (χ4v) is 1.92. The van der Waals surface area contributed by atoms with E-state index in [2.05, 4.69) is 0 Å². The Kier molecular flexibility index (Phi) is 1.86. The van der Waals surface area contributed by atoms with Crippen LogP contribution >= 0.6 is 0 Å². The zero-order valence-corrected chi connectivity index (χ0v) is 8.81. The summed E-state index contributed by atoms with van der Waals surface area (Å²) < 4.78 is 5.08. The fourth-order valence-electron chi connectivity index (χ4n) is 1.92. The second-order valence-electron chi connectivity index (χ2n) is 3.87. The third-order valence-electron chi connectivity index (χ3n) is 2.74. The molecule has 3 N–H and O–H groups in total. The standard InChI is InChI=1S/C13H9NO3/c14-11-6-10-9-5-8(15)3-1-7(9)2-4-12(10)17-13(11)16/h1-6,15H,14H2. The highest BCUT2D eigenvalue weighted by Crippen LogP contribution is 2.28. The van der Waals surface area contributed by atoms with Crippen molar-refractivity contribution in [3.05, 3.63) is 46.8 Å². The maximum atomic E-state index is 11.3. The third-order valence-corrected chi connectivity index (χ3v) is 2.74. The highest BCUT2D eigenvalue weighted by atomic mass is 16.4. The lowest BCUT2D eigenvalue weighted by atomic mass is 10.1. The lowest BCUT2D eigenvalue weighted by Crippen LogP contribution is -2.05. The van der Waals surface area contributed by atoms with E-state index < -0.39 is 5.63 Å². The van der Waals surface area contributed by atoms with Crippen molar-refractivity contribution in [1.82, 2.24) is 0 Å². The fraction of sp³-hybridized carbons (Fsp3) is 0. The van der Waals surface area contributed by atoms with E-state index in [0.29, 0.717) is 5.58 Å². The number of fused-ring (bicyclic) bond motifs is 3. The maximum Gasteiger partial charge on any atom is 0.359 e. The van der Waals surface area contributed by atoms with Crippen LogP contribution in [0.15, 0.2) is 45.6 Å². The molecule has 0 radical (unpaired) electrons. The minimum atomic E-state index is -0.544. The van der Waals surface area contributed by atoms with Gasteiger partial charge >= 0.3 is 5.63 Å². The predicted octanol–water partition coefficient (Wildman–Crippen LogP) is 2.23. The van der Waals surface area contributed by atoms with Crippen molar-refractivity contribution in [1.29, 1.82) is 0 Å². The molecule has 17 heavy (non-hydrogen) atoms. The number of benzene rings is 2. The first-order valence-electron chi connectivity index (χ1n) is 5.10. The highest BCUT2D eigenvalue weighted by molar-refractivity contribution is 6.06. The van der Waals surface area contributed by atoms with Crippen molar-refractivity contribution in [3.8, 4) is 5.75 Å². The quantitative estimate of drug-likeness (QED) is 0.456. The molecular formula is C13H9NO3. The van der Waals surface area contributed by atoms with Gasteiger partial charge in [-0.15, -0.1) is 0 Å². The molecule has 0 amide bonds. The van der Waals surface area contributed by atoms with Crippen molar-refractivity contribution in [2.45, 2.75) is 0 Å². The van der Waals surface area contributed by atoms with E-state index in [4.69, 9.17) is 10.2 Å². The Hall–Kier alpha value is -2.49. The number of anilines is 1. The van der Waals surface area contributed by atoms with Crippen LogP contribution in [-0.2, 0) is 0 Å². The molecule has 0 bridgehead atoms. The molecular weight excluding hydrogens is 218 g/mol. The van der Waals surface area contributed by atoms with Crippen LogP contribution in [0.25, 0.3) is 21.7 Å². The Morgan fingerprint density at radius 3 is 2.65 bits per heavy atom. The SMILES string of the molecule is Nc1cc2c(ccc3ccc(O)cc32)oc1=O. The predicted molar refractivity (Wildman–Crippen MR) is 66.1 cm³/mol. The van der Waals surface area contributed by atoms with Gasteiger partial charge in [0.25, 0.3) is 0 Å². The van der Waals surface area contributed by atoms with E-state index in [1.54, 1.807) is 30.3 Å². The van der Waals surface area contributed by atoms with Crippen molar-refractivity contribution in [3.63, 3.8) is 0 Å². The number of phenolic OH excluding ortho intramolecular Hbond substituents is 1. The van der Waals surface area contributed by atoms with Crippen LogP contribution < -0.4 is 11.4 Å². The van der Waals surface area contributed by atoms with Crippen molar-refractivity contribution in [2.24, 2.45) is 0 Å². The normalized spacial score (nSPS) is 11.1. The van der Waals surface area contributed by atoms with Crippen LogP contribution in [-0.4, -0.2) is 5.11 Å². The molecule has 0 atom stereocenters. The molecule has 0 aliphatic rings. The summed E-state index contributed by atoms with van der Waals surface area (Å²) in [5.74, 6) is 0.162. The summed E-state index contributed by atoms with van der Waals surface area (Å²) in [4.78, 5) is 11.3. The van der Waals surface area contributed by atoms with E-state index in [1.807, 2.05) is 6.07 Å². The van der Waals surface area contributed by atoms with Gasteiger partial charge in [0, 0.05) is 5.39 Å². The number of rotatable bonds is 0. The maximum absolute atomic E-state index is 11.3. The van der Waals surface area contributed by atoms with Gasteiger partial charge in [0.05, 0.1) is 0 Å². The topological polar surface area (TPSA) is 76.5 Å². The Balaban J connectivity index is 2.58. The van der Waals surface area contributed by atoms with Crippen LogP contribution in [0.3, 0.4) is 0 Å². The molecule has 3 aromatic rings. The summed E-state index contributed by atoms with van der Waals surface area (Å²) in [6.45, 7) is 0. The molecule has 0 unspecified atom stereocenters. The zero-order chi connectivity index (χ0) is 12.0. The van der Waals surface area contributed by atoms with Gasteiger partial charge in [0.2, 0.25) is 0 Å². The Bertz CT molecular complexity index is 790. The lowest BCUT2D eigenvalue weighted by molar-refractivity contribution is 0.476. The summed E-state index contributed by atoms with van der Waals surface area (Å²) in [6, 6.07) is 10.1. The Morgan fingerprint density at radius 1 is 1.06 bits per heavy atom. The van der Waals surface area contributed by atoms with Crippen molar-refractivity contribution >= 4 is 27.4 Å². The largest absolute Gasteiger partial charge is 0.508 e. The molecule has 1 heterocycles. The van der Waals surface area contributed by atoms with Crippen molar-refractivity contribution < 1.29 is 9.52 Å². The number of nitrogen functional groups attached to an aromatic ring is 1. The van der Waals surface area contributed by atoms with E-state index >= 15 is 0 Å². The van der Waals surface area contributed by atoms with Gasteiger partial charge in [-0.2, -0.15) is 0 Å². The second-order valence-corrected chi connectivity index (χ2v) is 3.87. The molecule has 0 aliphatic heterocycles. The van der Waals surface area contributed by atoms with Gasteiger partial charge in [-0.05, 0) is 35.0 Å². The van der Waals surface area contributed by atoms with Gasteiger partial charge in [-0.25, -0.2) is 4.79 Å². The van der Waals surface area contributed by atoms with Crippen LogP contribution in [0.2, 0.25) is 0 Å². The average molecular weight is 227 g/mol. The van der Waals surface area contributed by atoms with Crippen LogP contribution in [0, 0.1) is 0 Å². The molecule has 0 spiro atoms. The molecule has 2 aromatic carbocycles. The van der Waals surface area contributed by atoms with E-state index in [1.165, 1.54) is 0 Å². The first-order chi connectivity index (χ1) is 8.15. The zero-order valence-electron chi connectivity index (χ0n) is 8.81. The number of aromatic hydroxyl groups is 1. The first-order valence-corrected chi connectivity index (χ1v) is 5.10. The summed E-state index contributed by atoms with van der Waals surface area (Å²) in [7, 11) is 0. The molecule has 0 saturated carbocycles. The molecule has 84 valence electrons. The monoisotopic (exact) mass is 227 g/mol. The molecule has 1 aromatic heterocycles. The summed E-state index contributed by atoms with van der Waals surface area (Å²) >= 11 is 0. The number of nitrogens with two attached hydrogens (primary N) is 1.